The summed E-state index contributed by atoms with van der Waals surface area (Å²) in [6.45, 7) is 1.88. The van der Waals surface area contributed by atoms with Gasteiger partial charge in [-0.25, -0.2) is 9.37 Å². The summed E-state index contributed by atoms with van der Waals surface area (Å²) in [7, 11) is 1.81. The number of carbonyl (C=O) groups excluding carboxylic acids is 1. The average Bonchev–Trinajstić information content (AvgIpc) is 3.40. The number of nitrogens with zero attached hydrogens (tertiary/aromatic N) is 4. The number of aldehydes is 1. The fourth-order valence-electron chi connectivity index (χ4n) is 3.72. The van der Waals surface area contributed by atoms with Gasteiger partial charge in [-0.05, 0) is 60.0 Å². The molecule has 0 aliphatic rings. The number of carbonyl (C=O) groups is 1. The van der Waals surface area contributed by atoms with Gasteiger partial charge in [0, 0.05) is 23.7 Å². The van der Waals surface area contributed by atoms with Crippen LogP contribution in [0.5, 0.6) is 0 Å². The first-order valence-electron chi connectivity index (χ1n) is 9.64. The number of rotatable bonds is 4. The Hall–Kier alpha value is -4.13. The summed E-state index contributed by atoms with van der Waals surface area (Å²) < 4.78 is 21.8. The third-order valence-corrected chi connectivity index (χ3v) is 5.19. The molecule has 0 bridgehead atoms. The van der Waals surface area contributed by atoms with Gasteiger partial charge in [0.2, 0.25) is 5.89 Å². The molecule has 0 amide bonds. The van der Waals surface area contributed by atoms with Gasteiger partial charge in [0.05, 0.1) is 0 Å². The summed E-state index contributed by atoms with van der Waals surface area (Å²) in [5.74, 6) is 0.669. The van der Waals surface area contributed by atoms with E-state index in [2.05, 4.69) is 15.2 Å². The van der Waals surface area contributed by atoms with Crippen LogP contribution in [-0.2, 0) is 7.05 Å². The van der Waals surface area contributed by atoms with Gasteiger partial charge in [-0.15, -0.1) is 10.2 Å². The van der Waals surface area contributed by atoms with Crippen molar-refractivity contribution in [1.29, 1.82) is 0 Å². The minimum absolute atomic E-state index is 0.349. The highest BCUT2D eigenvalue weighted by molar-refractivity contribution is 5.88. The first-order valence-corrected chi connectivity index (χ1v) is 9.64. The Morgan fingerprint density at radius 2 is 1.87 bits per heavy atom. The van der Waals surface area contributed by atoms with Crippen molar-refractivity contribution in [1.82, 2.24) is 19.7 Å². The molecule has 0 atom stereocenters. The van der Waals surface area contributed by atoms with Crippen LogP contribution in [-0.4, -0.2) is 26.0 Å². The summed E-state index contributed by atoms with van der Waals surface area (Å²) in [5.41, 5.74) is 5.76. The SMILES string of the molecule is Cc1cc(C=O)cc2nc(-c3cccc(-c4ccc(F)cc4-c4nncn4C)c3)oc12. The zero-order valence-corrected chi connectivity index (χ0v) is 16.8. The molecule has 0 saturated heterocycles. The van der Waals surface area contributed by atoms with Crippen LogP contribution in [0.1, 0.15) is 15.9 Å². The van der Waals surface area contributed by atoms with Crippen LogP contribution >= 0.6 is 0 Å². The Bertz CT molecular complexity index is 1450. The highest BCUT2D eigenvalue weighted by atomic mass is 19.1. The number of aromatic nitrogens is 4. The maximum Gasteiger partial charge on any atom is 0.227 e. The molecule has 0 unspecified atom stereocenters. The molecule has 5 aromatic rings. The first kappa shape index (κ1) is 18.9. The molecule has 0 saturated carbocycles. The molecule has 0 fully saturated rings. The summed E-state index contributed by atoms with van der Waals surface area (Å²) >= 11 is 0. The number of hydrogen-bond donors (Lipinski definition) is 0. The van der Waals surface area contributed by atoms with E-state index < -0.39 is 0 Å². The fourth-order valence-corrected chi connectivity index (χ4v) is 3.72. The summed E-state index contributed by atoms with van der Waals surface area (Å²) in [6.07, 6.45) is 2.37. The van der Waals surface area contributed by atoms with E-state index in [0.29, 0.717) is 33.9 Å². The van der Waals surface area contributed by atoms with Crippen molar-refractivity contribution < 1.29 is 13.6 Å². The fraction of sp³-hybridized carbons (Fsp3) is 0.0833. The van der Waals surface area contributed by atoms with Gasteiger partial charge < -0.3 is 8.98 Å². The summed E-state index contributed by atoms with van der Waals surface area (Å²) in [6, 6.07) is 15.8. The quantitative estimate of drug-likeness (QED) is 0.379. The molecule has 0 N–H and O–H groups in total. The van der Waals surface area contributed by atoms with Crippen LogP contribution < -0.4 is 0 Å². The van der Waals surface area contributed by atoms with Crippen molar-refractivity contribution in [3.8, 4) is 34.0 Å². The lowest BCUT2D eigenvalue weighted by atomic mass is 9.97. The summed E-state index contributed by atoms with van der Waals surface area (Å²) in [4.78, 5) is 15.7. The van der Waals surface area contributed by atoms with E-state index >= 15 is 0 Å². The largest absolute Gasteiger partial charge is 0.436 e. The van der Waals surface area contributed by atoms with E-state index in [4.69, 9.17) is 4.42 Å². The van der Waals surface area contributed by atoms with Crippen LogP contribution in [0.3, 0.4) is 0 Å². The Labute approximate surface area is 177 Å². The van der Waals surface area contributed by atoms with Crippen LogP contribution in [0.25, 0.3) is 45.1 Å². The highest BCUT2D eigenvalue weighted by Crippen LogP contribution is 2.34. The van der Waals surface area contributed by atoms with Crippen LogP contribution in [0.4, 0.5) is 4.39 Å². The van der Waals surface area contributed by atoms with Gasteiger partial charge in [-0.3, -0.25) is 4.79 Å². The normalized spacial score (nSPS) is 11.2. The van der Waals surface area contributed by atoms with Gasteiger partial charge in [0.1, 0.15) is 23.9 Å². The van der Waals surface area contributed by atoms with Crippen molar-refractivity contribution in [2.24, 2.45) is 7.05 Å². The molecule has 152 valence electrons. The second-order valence-electron chi connectivity index (χ2n) is 7.36. The van der Waals surface area contributed by atoms with Crippen LogP contribution in [0.2, 0.25) is 0 Å². The lowest BCUT2D eigenvalue weighted by Gasteiger charge is -2.10. The van der Waals surface area contributed by atoms with Crippen molar-refractivity contribution in [2.75, 3.05) is 0 Å². The molecule has 2 aromatic heterocycles. The Kier molecular flexibility index (Phi) is 4.43. The third kappa shape index (κ3) is 3.30. The monoisotopic (exact) mass is 412 g/mol. The van der Waals surface area contributed by atoms with Crippen molar-refractivity contribution in [3.05, 3.63) is 77.9 Å². The molecular weight excluding hydrogens is 395 g/mol. The zero-order valence-electron chi connectivity index (χ0n) is 16.8. The second-order valence-corrected chi connectivity index (χ2v) is 7.36. The molecule has 6 nitrogen and oxygen atoms in total. The summed E-state index contributed by atoms with van der Waals surface area (Å²) in [5, 5.41) is 8.05. The smallest absolute Gasteiger partial charge is 0.227 e. The lowest BCUT2D eigenvalue weighted by molar-refractivity contribution is 0.112. The lowest BCUT2D eigenvalue weighted by Crippen LogP contribution is -1.95. The number of fused-ring (bicyclic) bond motifs is 1. The second kappa shape index (κ2) is 7.28. The molecular formula is C24H17FN4O2. The number of oxazole rings is 1. The average molecular weight is 412 g/mol. The number of aryl methyl sites for hydroxylation is 2. The molecule has 5 rings (SSSR count). The van der Waals surface area contributed by atoms with E-state index in [9.17, 15) is 9.18 Å². The van der Waals surface area contributed by atoms with Crippen LogP contribution in [0.15, 0.2) is 65.3 Å². The molecule has 0 spiro atoms. The predicted octanol–water partition coefficient (Wildman–Crippen LogP) is 5.22. The zero-order chi connectivity index (χ0) is 21.5. The molecule has 3 aromatic carbocycles. The van der Waals surface area contributed by atoms with Crippen molar-refractivity contribution in [3.63, 3.8) is 0 Å². The number of hydrogen-bond acceptors (Lipinski definition) is 5. The minimum Gasteiger partial charge on any atom is -0.436 e. The van der Waals surface area contributed by atoms with Crippen molar-refractivity contribution in [2.45, 2.75) is 6.92 Å². The van der Waals surface area contributed by atoms with E-state index in [1.54, 1.807) is 29.1 Å². The maximum absolute atomic E-state index is 14.0. The third-order valence-electron chi connectivity index (χ3n) is 5.19. The van der Waals surface area contributed by atoms with Gasteiger partial charge in [-0.2, -0.15) is 0 Å². The number of halogens is 1. The van der Waals surface area contributed by atoms with Crippen LogP contribution in [0, 0.1) is 12.7 Å². The van der Waals surface area contributed by atoms with Gasteiger partial charge >= 0.3 is 0 Å². The first-order chi connectivity index (χ1) is 15.0. The van der Waals surface area contributed by atoms with E-state index in [1.807, 2.05) is 38.2 Å². The van der Waals surface area contributed by atoms with Gasteiger partial charge in [0.25, 0.3) is 0 Å². The molecule has 0 aliphatic heterocycles. The standard InChI is InChI=1S/C24H17FN4O2/c1-14-8-15(12-30)9-21-22(14)31-24(27-21)17-5-3-4-16(10-17)19-7-6-18(25)11-20(19)23-28-26-13-29(23)2/h3-13H,1-2H3. The predicted molar refractivity (Wildman–Crippen MR) is 115 cm³/mol. The van der Waals surface area contributed by atoms with Gasteiger partial charge in [0.15, 0.2) is 11.4 Å². The Morgan fingerprint density at radius 1 is 1.03 bits per heavy atom. The maximum atomic E-state index is 14.0. The highest BCUT2D eigenvalue weighted by Gasteiger charge is 2.16. The molecule has 31 heavy (non-hydrogen) atoms. The topological polar surface area (TPSA) is 73.8 Å². The molecule has 0 radical (unpaired) electrons. The molecule has 0 aliphatic carbocycles. The minimum atomic E-state index is -0.349. The molecule has 7 heteroatoms. The Morgan fingerprint density at radius 3 is 2.65 bits per heavy atom. The Balaban J connectivity index is 1.64. The van der Waals surface area contributed by atoms with Gasteiger partial charge in [-0.1, -0.05) is 18.2 Å². The van der Waals surface area contributed by atoms with E-state index in [1.165, 1.54) is 12.1 Å². The number of benzene rings is 3. The van der Waals surface area contributed by atoms with Crippen molar-refractivity contribution >= 4 is 17.4 Å². The molecule has 2 heterocycles. The van der Waals surface area contributed by atoms with E-state index in [0.717, 1.165) is 28.5 Å². The van der Waals surface area contributed by atoms with E-state index in [-0.39, 0.29) is 5.82 Å².